The summed E-state index contributed by atoms with van der Waals surface area (Å²) in [7, 11) is 0. The molecular formula is C12H14BrN3O. The van der Waals surface area contributed by atoms with E-state index in [4.69, 9.17) is 10.5 Å². The van der Waals surface area contributed by atoms with Crippen molar-refractivity contribution in [2.24, 2.45) is 0 Å². The number of anilines is 1. The average molecular weight is 296 g/mol. The summed E-state index contributed by atoms with van der Waals surface area (Å²) in [5.41, 5.74) is 7.38. The Hall–Kier alpha value is -1.49. The molecule has 0 spiro atoms. The predicted molar refractivity (Wildman–Crippen MR) is 71.9 cm³/mol. The zero-order valence-electron chi connectivity index (χ0n) is 9.70. The lowest BCUT2D eigenvalue weighted by Gasteiger charge is -2.09. The van der Waals surface area contributed by atoms with E-state index in [1.54, 1.807) is 0 Å². The maximum atomic E-state index is 5.59. The number of aromatic nitrogens is 2. The topological polar surface area (TPSA) is 63.9 Å². The highest BCUT2D eigenvalue weighted by molar-refractivity contribution is 9.10. The molecule has 0 saturated heterocycles. The number of aromatic amines is 1. The average Bonchev–Trinajstić information content (AvgIpc) is 2.58. The Morgan fingerprint density at radius 3 is 2.41 bits per heavy atom. The zero-order chi connectivity index (χ0) is 12.4. The molecule has 90 valence electrons. The summed E-state index contributed by atoms with van der Waals surface area (Å²) in [4.78, 5) is 7.11. The quantitative estimate of drug-likeness (QED) is 0.914. The number of ether oxygens (including phenoxy) is 1. The van der Waals surface area contributed by atoms with Gasteiger partial charge in [0.05, 0.1) is 6.10 Å². The van der Waals surface area contributed by atoms with Crippen LogP contribution in [0.1, 0.15) is 13.8 Å². The molecule has 0 radical (unpaired) electrons. The molecule has 0 fully saturated rings. The van der Waals surface area contributed by atoms with Crippen molar-refractivity contribution in [2.45, 2.75) is 20.0 Å². The lowest BCUT2D eigenvalue weighted by molar-refractivity contribution is 0.242. The van der Waals surface area contributed by atoms with E-state index in [-0.39, 0.29) is 6.10 Å². The Bertz CT molecular complexity index is 505. The predicted octanol–water partition coefficient (Wildman–Crippen LogP) is 3.21. The highest BCUT2D eigenvalue weighted by Gasteiger charge is 2.08. The van der Waals surface area contributed by atoms with Crippen LogP contribution in [0.15, 0.2) is 28.9 Å². The van der Waals surface area contributed by atoms with Crippen LogP contribution in [0.3, 0.4) is 0 Å². The molecule has 5 heteroatoms. The third-order valence-corrected chi connectivity index (χ3v) is 2.75. The van der Waals surface area contributed by atoms with Crippen LogP contribution in [-0.2, 0) is 0 Å². The van der Waals surface area contributed by atoms with E-state index < -0.39 is 0 Å². The van der Waals surface area contributed by atoms with Gasteiger partial charge in [0.25, 0.3) is 0 Å². The molecule has 0 aliphatic rings. The zero-order valence-corrected chi connectivity index (χ0v) is 11.3. The molecule has 4 nitrogen and oxygen atoms in total. The monoisotopic (exact) mass is 295 g/mol. The van der Waals surface area contributed by atoms with Gasteiger partial charge >= 0.3 is 0 Å². The van der Waals surface area contributed by atoms with Gasteiger partial charge in [0, 0.05) is 5.56 Å². The highest BCUT2D eigenvalue weighted by atomic mass is 79.9. The molecule has 0 atom stereocenters. The van der Waals surface area contributed by atoms with Crippen molar-refractivity contribution >= 4 is 21.9 Å². The Kier molecular flexibility index (Phi) is 3.38. The summed E-state index contributed by atoms with van der Waals surface area (Å²) in [6.07, 6.45) is 0.175. The van der Waals surface area contributed by atoms with Gasteiger partial charge in [-0.3, -0.25) is 0 Å². The van der Waals surface area contributed by atoms with E-state index in [9.17, 15) is 0 Å². The number of hydrogen-bond donors (Lipinski definition) is 2. The molecule has 1 heterocycles. The fourth-order valence-electron chi connectivity index (χ4n) is 1.52. The number of benzene rings is 1. The van der Waals surface area contributed by atoms with Crippen molar-refractivity contribution in [3.05, 3.63) is 28.9 Å². The molecular weight excluding hydrogens is 282 g/mol. The maximum Gasteiger partial charge on any atom is 0.198 e. The summed E-state index contributed by atoms with van der Waals surface area (Å²) >= 11 is 3.38. The molecule has 0 unspecified atom stereocenters. The van der Waals surface area contributed by atoms with Crippen molar-refractivity contribution in [3.8, 4) is 17.0 Å². The highest BCUT2D eigenvalue weighted by Crippen LogP contribution is 2.28. The first-order valence-electron chi connectivity index (χ1n) is 5.34. The van der Waals surface area contributed by atoms with E-state index >= 15 is 0 Å². The SMILES string of the molecule is CC(C)Oc1ccc(-c2nc(N)[nH]c2Br)cc1. The van der Waals surface area contributed by atoms with Gasteiger partial charge in [-0.1, -0.05) is 0 Å². The van der Waals surface area contributed by atoms with E-state index in [0.717, 1.165) is 21.6 Å². The van der Waals surface area contributed by atoms with Gasteiger partial charge in [0.1, 0.15) is 16.0 Å². The van der Waals surface area contributed by atoms with Crippen LogP contribution in [0.4, 0.5) is 5.95 Å². The second-order valence-electron chi connectivity index (χ2n) is 3.98. The molecule has 0 aliphatic carbocycles. The number of nitrogens with two attached hydrogens (primary N) is 1. The van der Waals surface area contributed by atoms with Gasteiger partial charge in [0.2, 0.25) is 0 Å². The fraction of sp³-hybridized carbons (Fsp3) is 0.250. The van der Waals surface area contributed by atoms with Gasteiger partial charge in [0.15, 0.2) is 5.95 Å². The summed E-state index contributed by atoms with van der Waals surface area (Å²) in [5, 5.41) is 0. The molecule has 1 aromatic heterocycles. The smallest absolute Gasteiger partial charge is 0.198 e. The molecule has 0 amide bonds. The van der Waals surface area contributed by atoms with E-state index in [2.05, 4.69) is 25.9 Å². The van der Waals surface area contributed by atoms with Crippen LogP contribution in [0.25, 0.3) is 11.3 Å². The van der Waals surface area contributed by atoms with Crippen molar-refractivity contribution in [1.82, 2.24) is 9.97 Å². The van der Waals surface area contributed by atoms with Crippen LogP contribution in [-0.4, -0.2) is 16.1 Å². The number of nitrogen functional groups attached to an aromatic ring is 1. The minimum absolute atomic E-state index is 0.175. The van der Waals surface area contributed by atoms with Crippen molar-refractivity contribution in [1.29, 1.82) is 0 Å². The minimum Gasteiger partial charge on any atom is -0.491 e. The normalized spacial score (nSPS) is 10.8. The van der Waals surface area contributed by atoms with Crippen molar-refractivity contribution in [2.75, 3.05) is 5.73 Å². The van der Waals surface area contributed by atoms with Crippen LogP contribution in [0, 0.1) is 0 Å². The first kappa shape index (κ1) is 12.0. The number of hydrogen-bond acceptors (Lipinski definition) is 3. The summed E-state index contributed by atoms with van der Waals surface area (Å²) in [6.45, 7) is 4.00. The number of rotatable bonds is 3. The van der Waals surface area contributed by atoms with Crippen LogP contribution in [0.5, 0.6) is 5.75 Å². The van der Waals surface area contributed by atoms with Gasteiger partial charge in [-0.15, -0.1) is 0 Å². The Labute approximate surface area is 108 Å². The number of halogens is 1. The standard InChI is InChI=1S/C12H14BrN3O/c1-7(2)17-9-5-3-8(4-6-9)10-11(13)16-12(14)15-10/h3-7H,1-2H3,(H3,14,15,16). The van der Waals surface area contributed by atoms with Gasteiger partial charge < -0.3 is 15.5 Å². The minimum atomic E-state index is 0.175. The first-order valence-corrected chi connectivity index (χ1v) is 6.13. The van der Waals surface area contributed by atoms with E-state index in [0.29, 0.717) is 5.95 Å². The molecule has 2 rings (SSSR count). The van der Waals surface area contributed by atoms with E-state index in [1.165, 1.54) is 0 Å². The Morgan fingerprint density at radius 1 is 1.29 bits per heavy atom. The summed E-state index contributed by atoms with van der Waals surface area (Å²) < 4.78 is 6.36. The Balaban J connectivity index is 2.26. The largest absolute Gasteiger partial charge is 0.491 e. The first-order chi connectivity index (χ1) is 8.06. The molecule has 1 aromatic carbocycles. The van der Waals surface area contributed by atoms with Crippen LogP contribution < -0.4 is 10.5 Å². The van der Waals surface area contributed by atoms with Gasteiger partial charge in [-0.05, 0) is 54.0 Å². The third kappa shape index (κ3) is 2.79. The van der Waals surface area contributed by atoms with Crippen LogP contribution >= 0.6 is 15.9 Å². The van der Waals surface area contributed by atoms with Crippen molar-refractivity contribution < 1.29 is 4.74 Å². The van der Waals surface area contributed by atoms with Gasteiger partial charge in [-0.2, -0.15) is 0 Å². The second kappa shape index (κ2) is 4.79. The molecule has 17 heavy (non-hydrogen) atoms. The third-order valence-electron chi connectivity index (χ3n) is 2.18. The number of nitrogens with one attached hydrogen (secondary N) is 1. The lowest BCUT2D eigenvalue weighted by atomic mass is 10.1. The summed E-state index contributed by atoms with van der Waals surface area (Å²) in [5.74, 6) is 1.25. The van der Waals surface area contributed by atoms with Crippen molar-refractivity contribution in [3.63, 3.8) is 0 Å². The number of H-pyrrole nitrogens is 1. The number of imidazole rings is 1. The second-order valence-corrected chi connectivity index (χ2v) is 4.77. The molecule has 3 N–H and O–H groups in total. The maximum absolute atomic E-state index is 5.59. The Morgan fingerprint density at radius 2 is 1.94 bits per heavy atom. The number of nitrogens with zero attached hydrogens (tertiary/aromatic N) is 1. The molecule has 0 saturated carbocycles. The fourth-order valence-corrected chi connectivity index (χ4v) is 2.04. The molecule has 0 aliphatic heterocycles. The summed E-state index contributed by atoms with van der Waals surface area (Å²) in [6, 6.07) is 7.76. The van der Waals surface area contributed by atoms with E-state index in [1.807, 2.05) is 38.1 Å². The lowest BCUT2D eigenvalue weighted by Crippen LogP contribution is -2.05. The molecule has 0 bridgehead atoms. The molecule has 2 aromatic rings. The van der Waals surface area contributed by atoms with Gasteiger partial charge in [-0.25, -0.2) is 4.98 Å². The van der Waals surface area contributed by atoms with Crippen LogP contribution in [0.2, 0.25) is 0 Å².